The first-order valence-electron chi connectivity index (χ1n) is 6.17. The van der Waals surface area contributed by atoms with Gasteiger partial charge in [0.15, 0.2) is 0 Å². The van der Waals surface area contributed by atoms with E-state index < -0.39 is 0 Å². The lowest BCUT2D eigenvalue weighted by atomic mass is 10.2. The molecule has 0 aliphatic carbocycles. The SMILES string of the molecule is O=C(NCc1ccc(Cl)cc1)c1cccn2cncc12. The minimum Gasteiger partial charge on any atom is -0.348 e. The van der Waals surface area contributed by atoms with Gasteiger partial charge >= 0.3 is 0 Å². The van der Waals surface area contributed by atoms with Crippen molar-refractivity contribution in [2.75, 3.05) is 0 Å². The molecule has 1 N–H and O–H groups in total. The highest BCUT2D eigenvalue weighted by atomic mass is 35.5. The summed E-state index contributed by atoms with van der Waals surface area (Å²) >= 11 is 5.83. The van der Waals surface area contributed by atoms with Crippen LogP contribution in [0.3, 0.4) is 0 Å². The molecule has 2 aromatic heterocycles. The van der Waals surface area contributed by atoms with Gasteiger partial charge in [-0.15, -0.1) is 0 Å². The Balaban J connectivity index is 1.76. The second kappa shape index (κ2) is 5.35. The summed E-state index contributed by atoms with van der Waals surface area (Å²) in [7, 11) is 0. The number of nitrogens with one attached hydrogen (secondary N) is 1. The number of pyridine rings is 1. The van der Waals surface area contributed by atoms with Gasteiger partial charge in [-0.1, -0.05) is 23.7 Å². The first-order valence-corrected chi connectivity index (χ1v) is 6.55. The van der Waals surface area contributed by atoms with E-state index >= 15 is 0 Å². The molecule has 20 heavy (non-hydrogen) atoms. The monoisotopic (exact) mass is 285 g/mol. The number of fused-ring (bicyclic) bond motifs is 1. The number of nitrogens with zero attached hydrogens (tertiary/aromatic N) is 2. The predicted octanol–water partition coefficient (Wildman–Crippen LogP) is 2.92. The zero-order valence-electron chi connectivity index (χ0n) is 10.6. The molecule has 5 heteroatoms. The Labute approximate surface area is 121 Å². The Bertz CT molecular complexity index is 749. The Kier molecular flexibility index (Phi) is 3.39. The molecule has 1 amide bonds. The van der Waals surface area contributed by atoms with Gasteiger partial charge in [-0.2, -0.15) is 0 Å². The average Bonchev–Trinajstić information content (AvgIpc) is 2.94. The highest BCUT2D eigenvalue weighted by molar-refractivity contribution is 6.30. The topological polar surface area (TPSA) is 46.4 Å². The van der Waals surface area contributed by atoms with Crippen LogP contribution in [0.5, 0.6) is 0 Å². The van der Waals surface area contributed by atoms with Gasteiger partial charge in [-0.3, -0.25) is 4.79 Å². The van der Waals surface area contributed by atoms with Crippen LogP contribution in [0.2, 0.25) is 5.02 Å². The van der Waals surface area contributed by atoms with Crippen molar-refractivity contribution < 1.29 is 4.79 Å². The lowest BCUT2D eigenvalue weighted by Crippen LogP contribution is -2.23. The molecule has 0 fully saturated rings. The largest absolute Gasteiger partial charge is 0.348 e. The minimum absolute atomic E-state index is 0.119. The number of imidazole rings is 1. The van der Waals surface area contributed by atoms with Crippen LogP contribution in [0, 0.1) is 0 Å². The van der Waals surface area contributed by atoms with Crippen LogP contribution >= 0.6 is 11.6 Å². The Morgan fingerprint density at radius 1 is 1.25 bits per heavy atom. The van der Waals surface area contributed by atoms with Crippen molar-refractivity contribution in [1.82, 2.24) is 14.7 Å². The molecule has 0 bridgehead atoms. The van der Waals surface area contributed by atoms with Crippen LogP contribution in [0.15, 0.2) is 55.1 Å². The second-order valence-corrected chi connectivity index (χ2v) is 4.85. The van der Waals surface area contributed by atoms with E-state index in [1.165, 1.54) is 0 Å². The fourth-order valence-corrected chi connectivity index (χ4v) is 2.15. The minimum atomic E-state index is -0.119. The standard InChI is InChI=1S/C15H12ClN3O/c16-12-5-3-11(4-6-12)8-18-15(20)13-2-1-7-19-10-17-9-14(13)19/h1-7,9-10H,8H2,(H,18,20). The molecule has 4 nitrogen and oxygen atoms in total. The number of hydrogen-bond acceptors (Lipinski definition) is 2. The van der Waals surface area contributed by atoms with E-state index in [-0.39, 0.29) is 5.91 Å². The first kappa shape index (κ1) is 12.7. The Hall–Kier alpha value is -2.33. The molecule has 0 aliphatic heterocycles. The van der Waals surface area contributed by atoms with Crippen LogP contribution in [-0.4, -0.2) is 15.3 Å². The van der Waals surface area contributed by atoms with Gasteiger partial charge in [-0.25, -0.2) is 4.98 Å². The summed E-state index contributed by atoms with van der Waals surface area (Å²) in [6.45, 7) is 0.463. The van der Waals surface area contributed by atoms with E-state index in [9.17, 15) is 4.79 Å². The molecule has 0 unspecified atom stereocenters. The summed E-state index contributed by atoms with van der Waals surface area (Å²) in [5.41, 5.74) is 2.41. The van der Waals surface area contributed by atoms with Gasteiger partial charge in [0.2, 0.25) is 0 Å². The Morgan fingerprint density at radius 2 is 2.05 bits per heavy atom. The third-order valence-corrected chi connectivity index (χ3v) is 3.31. The van der Waals surface area contributed by atoms with E-state index in [1.54, 1.807) is 30.7 Å². The number of hydrogen-bond donors (Lipinski definition) is 1. The van der Waals surface area contributed by atoms with Gasteiger partial charge < -0.3 is 9.72 Å². The molecule has 2 heterocycles. The van der Waals surface area contributed by atoms with Crippen molar-refractivity contribution in [1.29, 1.82) is 0 Å². The molecular weight excluding hydrogens is 274 g/mol. The van der Waals surface area contributed by atoms with Crippen LogP contribution in [0.4, 0.5) is 0 Å². The highest BCUT2D eigenvalue weighted by Gasteiger charge is 2.09. The van der Waals surface area contributed by atoms with Gasteiger partial charge in [0.1, 0.15) is 0 Å². The fraction of sp³-hybridized carbons (Fsp3) is 0.0667. The van der Waals surface area contributed by atoms with Gasteiger partial charge in [0, 0.05) is 17.8 Å². The van der Waals surface area contributed by atoms with Crippen LogP contribution in [-0.2, 0) is 6.54 Å². The number of amides is 1. The summed E-state index contributed by atoms with van der Waals surface area (Å²) in [4.78, 5) is 16.3. The normalized spacial score (nSPS) is 10.7. The predicted molar refractivity (Wildman–Crippen MR) is 77.8 cm³/mol. The second-order valence-electron chi connectivity index (χ2n) is 4.42. The van der Waals surface area contributed by atoms with Gasteiger partial charge in [0.25, 0.3) is 5.91 Å². The fourth-order valence-electron chi connectivity index (χ4n) is 2.02. The molecule has 0 saturated heterocycles. The molecule has 0 saturated carbocycles. The van der Waals surface area contributed by atoms with Crippen LogP contribution in [0.1, 0.15) is 15.9 Å². The summed E-state index contributed by atoms with van der Waals surface area (Å²) in [5.74, 6) is -0.119. The highest BCUT2D eigenvalue weighted by Crippen LogP contribution is 2.11. The van der Waals surface area contributed by atoms with Crippen molar-refractivity contribution in [3.8, 4) is 0 Å². The molecule has 0 aliphatic rings. The zero-order valence-corrected chi connectivity index (χ0v) is 11.3. The summed E-state index contributed by atoms with van der Waals surface area (Å²) in [6.07, 6.45) is 5.21. The lowest BCUT2D eigenvalue weighted by Gasteiger charge is -2.07. The first-order chi connectivity index (χ1) is 9.74. The van der Waals surface area contributed by atoms with Crippen molar-refractivity contribution >= 4 is 23.0 Å². The molecule has 0 atom stereocenters. The Morgan fingerprint density at radius 3 is 2.85 bits per heavy atom. The number of halogens is 1. The zero-order chi connectivity index (χ0) is 13.9. The van der Waals surface area contributed by atoms with Crippen molar-refractivity contribution in [3.63, 3.8) is 0 Å². The molecule has 0 radical (unpaired) electrons. The van der Waals surface area contributed by atoms with Crippen LogP contribution in [0.25, 0.3) is 5.52 Å². The number of carbonyl (C=O) groups is 1. The summed E-state index contributed by atoms with van der Waals surface area (Å²) in [5, 5.41) is 3.58. The maximum Gasteiger partial charge on any atom is 0.253 e. The van der Waals surface area contributed by atoms with Crippen molar-refractivity contribution in [2.24, 2.45) is 0 Å². The van der Waals surface area contributed by atoms with Gasteiger partial charge in [-0.05, 0) is 29.8 Å². The van der Waals surface area contributed by atoms with E-state index in [4.69, 9.17) is 11.6 Å². The molecule has 100 valence electrons. The molecule has 1 aromatic carbocycles. The quantitative estimate of drug-likeness (QED) is 0.804. The van der Waals surface area contributed by atoms with Crippen molar-refractivity contribution in [2.45, 2.75) is 6.54 Å². The third kappa shape index (κ3) is 2.51. The van der Waals surface area contributed by atoms with E-state index in [1.807, 2.05) is 28.8 Å². The maximum absolute atomic E-state index is 12.2. The molecular formula is C15H12ClN3O. The molecule has 3 rings (SSSR count). The van der Waals surface area contributed by atoms with E-state index in [2.05, 4.69) is 10.3 Å². The van der Waals surface area contributed by atoms with Crippen molar-refractivity contribution in [3.05, 3.63) is 71.3 Å². The van der Waals surface area contributed by atoms with Gasteiger partial charge in [0.05, 0.1) is 23.6 Å². The maximum atomic E-state index is 12.2. The molecule has 0 spiro atoms. The summed E-state index contributed by atoms with van der Waals surface area (Å²) < 4.78 is 1.82. The van der Waals surface area contributed by atoms with E-state index in [0.29, 0.717) is 17.1 Å². The smallest absolute Gasteiger partial charge is 0.253 e. The van der Waals surface area contributed by atoms with Crippen LogP contribution < -0.4 is 5.32 Å². The third-order valence-electron chi connectivity index (χ3n) is 3.06. The lowest BCUT2D eigenvalue weighted by molar-refractivity contribution is 0.0952. The van der Waals surface area contributed by atoms with E-state index in [0.717, 1.165) is 11.1 Å². The average molecular weight is 286 g/mol. The number of benzene rings is 1. The molecule has 3 aromatic rings. The number of aromatic nitrogens is 2. The number of rotatable bonds is 3. The summed E-state index contributed by atoms with van der Waals surface area (Å²) in [6, 6.07) is 11.0. The number of carbonyl (C=O) groups excluding carboxylic acids is 1.